The molecule has 0 atom stereocenters. The first-order chi connectivity index (χ1) is 24.0. The second kappa shape index (κ2) is 14.1. The maximum absolute atomic E-state index is 6.11. The van der Waals surface area contributed by atoms with Crippen LogP contribution in [-0.4, -0.2) is 27.5 Å². The second-order valence-electron chi connectivity index (χ2n) is 11.9. The molecule has 242 valence electrons. The van der Waals surface area contributed by atoms with Crippen molar-refractivity contribution in [3.8, 4) is 43.5 Å². The van der Waals surface area contributed by atoms with Gasteiger partial charge in [0.05, 0.1) is 23.6 Å². The maximum Gasteiger partial charge on any atom is 0.145 e. The van der Waals surface area contributed by atoms with Gasteiger partial charge in [-0.3, -0.25) is 4.99 Å². The Morgan fingerprint density at radius 3 is 1.71 bits per heavy atom. The summed E-state index contributed by atoms with van der Waals surface area (Å²) in [6.45, 7) is 6.11. The Hall–Kier alpha value is -5.23. The van der Waals surface area contributed by atoms with Gasteiger partial charge in [0.2, 0.25) is 0 Å². The van der Waals surface area contributed by atoms with Crippen molar-refractivity contribution >= 4 is 54.6 Å². The van der Waals surface area contributed by atoms with E-state index in [0.29, 0.717) is 0 Å². The summed E-state index contributed by atoms with van der Waals surface area (Å²) in [5.41, 5.74) is 10.4. The normalized spacial score (nSPS) is 17.0. The molecule has 6 aromatic rings. The van der Waals surface area contributed by atoms with Crippen LogP contribution in [-0.2, 0) is 6.42 Å². The van der Waals surface area contributed by atoms with Crippen molar-refractivity contribution < 1.29 is 9.47 Å². The van der Waals surface area contributed by atoms with E-state index in [1.165, 1.54) is 48.7 Å². The van der Waals surface area contributed by atoms with Gasteiger partial charge in [0.25, 0.3) is 0 Å². The fraction of sp³-hybridized carbons (Fsp3) is 0.114. The highest BCUT2D eigenvalue weighted by Gasteiger charge is 2.22. The second-order valence-corrected chi connectivity index (χ2v) is 14.1. The summed E-state index contributed by atoms with van der Waals surface area (Å²) in [6.07, 6.45) is 15.2. The van der Waals surface area contributed by atoms with Gasteiger partial charge in [-0.05, 0) is 75.6 Å². The first kappa shape index (κ1) is 32.3. The standard InChI is InChI=1S/C44H37NO2S2/c1-6-8-31-10-7-9-29-12-15-34(16-13-29)39-25-37-41(46-4)44-38(42(47-5)43(37)48-39)26-40(49-44)35-23-21-33(22-24-35)32-19-17-30(18-20-32)28(2)11-14-36(31)27-45-3/h6-8,10-27H,1,9H2,2-5H3/b10-7-,28-11-,31-8+,36-14+,45-27+. The van der Waals surface area contributed by atoms with Crippen LogP contribution < -0.4 is 9.47 Å². The first-order valence-corrected chi connectivity index (χ1v) is 17.9. The van der Waals surface area contributed by atoms with E-state index in [0.717, 1.165) is 49.2 Å². The van der Waals surface area contributed by atoms with Gasteiger partial charge in [-0.2, -0.15) is 0 Å². The quantitative estimate of drug-likeness (QED) is 0.174. The van der Waals surface area contributed by atoms with Crippen LogP contribution in [0, 0.1) is 0 Å². The number of rotatable bonds is 4. The highest BCUT2D eigenvalue weighted by molar-refractivity contribution is 7.24. The van der Waals surface area contributed by atoms with Crippen molar-refractivity contribution in [1.29, 1.82) is 0 Å². The molecule has 6 aliphatic rings. The monoisotopic (exact) mass is 675 g/mol. The smallest absolute Gasteiger partial charge is 0.145 e. The Balaban J connectivity index is 1.38. The third-order valence-corrected chi connectivity index (χ3v) is 11.3. The van der Waals surface area contributed by atoms with Gasteiger partial charge >= 0.3 is 0 Å². The zero-order valence-corrected chi connectivity index (χ0v) is 29.8. The molecule has 0 radical (unpaired) electrons. The van der Waals surface area contributed by atoms with E-state index in [1.54, 1.807) is 43.9 Å². The summed E-state index contributed by atoms with van der Waals surface area (Å²) in [5, 5.41) is 2.16. The molecule has 3 nitrogen and oxygen atoms in total. The van der Waals surface area contributed by atoms with Crippen molar-refractivity contribution in [1.82, 2.24) is 0 Å². The third-order valence-electron chi connectivity index (χ3n) is 8.92. The lowest BCUT2D eigenvalue weighted by molar-refractivity contribution is 0.419. The molecule has 0 amide bonds. The zero-order valence-electron chi connectivity index (χ0n) is 28.1. The fourth-order valence-corrected chi connectivity index (χ4v) is 8.71. The number of allylic oxidation sites excluding steroid dienone is 9. The van der Waals surface area contributed by atoms with Crippen LogP contribution in [0.3, 0.4) is 0 Å². The van der Waals surface area contributed by atoms with Gasteiger partial charge in [-0.1, -0.05) is 116 Å². The Morgan fingerprint density at radius 2 is 1.20 bits per heavy atom. The van der Waals surface area contributed by atoms with E-state index in [9.17, 15) is 0 Å². The van der Waals surface area contributed by atoms with Gasteiger partial charge in [-0.15, -0.1) is 22.7 Å². The highest BCUT2D eigenvalue weighted by Crippen LogP contribution is 2.52. The molecule has 0 fully saturated rings. The number of thiophene rings is 2. The topological polar surface area (TPSA) is 30.8 Å². The lowest BCUT2D eigenvalue weighted by Crippen LogP contribution is -1.90. The van der Waals surface area contributed by atoms with E-state index >= 15 is 0 Å². The number of ether oxygens (including phenoxy) is 2. The Kier molecular flexibility index (Phi) is 9.30. The van der Waals surface area contributed by atoms with Gasteiger partial charge < -0.3 is 9.47 Å². The molecule has 0 spiro atoms. The summed E-state index contributed by atoms with van der Waals surface area (Å²) >= 11 is 3.49. The van der Waals surface area contributed by atoms with Crippen LogP contribution in [0.4, 0.5) is 0 Å². The van der Waals surface area contributed by atoms with Crippen LogP contribution in [0.15, 0.2) is 144 Å². The Labute approximate surface area is 296 Å². The van der Waals surface area contributed by atoms with Crippen LogP contribution in [0.1, 0.15) is 18.1 Å². The average Bonchev–Trinajstić information content (AvgIpc) is 3.78. The molecule has 8 heterocycles. The van der Waals surface area contributed by atoms with E-state index in [4.69, 9.17) is 9.47 Å². The summed E-state index contributed by atoms with van der Waals surface area (Å²) in [4.78, 5) is 6.71. The zero-order chi connectivity index (χ0) is 33.9. The molecular formula is C44H37NO2S2. The molecule has 12 rings (SSSR count). The average molecular weight is 676 g/mol. The summed E-state index contributed by atoms with van der Waals surface area (Å²) in [5.74, 6) is 1.80. The SMILES string of the molecule is C=C\C=C1/C=C\Cc2ccc(cc2)-c2cc3c(OC)c4sc(cc4c(OC)c3s2)-c2ccc(cc2)-c2ccc(cc2)\C(C)=C/C=C1\C=N\C. The molecule has 0 saturated heterocycles. The van der Waals surface area contributed by atoms with Crippen molar-refractivity contribution in [2.24, 2.45) is 4.99 Å². The van der Waals surface area contributed by atoms with Crippen molar-refractivity contribution in [2.75, 3.05) is 21.3 Å². The maximum atomic E-state index is 6.11. The fourth-order valence-electron chi connectivity index (χ4n) is 6.31. The number of hydrogen-bond acceptors (Lipinski definition) is 5. The molecule has 0 saturated carbocycles. The molecule has 49 heavy (non-hydrogen) atoms. The largest absolute Gasteiger partial charge is 0.495 e. The molecule has 0 aliphatic carbocycles. The third kappa shape index (κ3) is 6.35. The van der Waals surface area contributed by atoms with Crippen molar-refractivity contribution in [3.63, 3.8) is 0 Å². The van der Waals surface area contributed by atoms with E-state index in [1.807, 2.05) is 18.4 Å². The number of methoxy groups -OCH3 is 2. The molecular weight excluding hydrogens is 639 g/mol. The molecule has 12 bridgehead atoms. The number of aliphatic imine (C=N–C) groups is 1. The number of nitrogens with zero attached hydrogens (tertiary/aromatic N) is 1. The molecule has 4 aromatic carbocycles. The Bertz CT molecular complexity index is 2270. The Morgan fingerprint density at radius 1 is 0.694 bits per heavy atom. The van der Waals surface area contributed by atoms with Gasteiger partial charge in [-0.25, -0.2) is 0 Å². The van der Waals surface area contributed by atoms with Gasteiger partial charge in [0, 0.05) is 33.8 Å². The summed E-state index contributed by atoms with van der Waals surface area (Å²) in [7, 11) is 5.33. The first-order valence-electron chi connectivity index (χ1n) is 16.2. The summed E-state index contributed by atoms with van der Waals surface area (Å²) < 4.78 is 14.4. The molecule has 0 N–H and O–H groups in total. The number of hydrogen-bond donors (Lipinski definition) is 0. The van der Waals surface area contributed by atoms with Gasteiger partial charge in [0.1, 0.15) is 11.5 Å². The van der Waals surface area contributed by atoms with Crippen LogP contribution in [0.5, 0.6) is 11.5 Å². The molecule has 5 heteroatoms. The van der Waals surface area contributed by atoms with Crippen LogP contribution >= 0.6 is 22.7 Å². The van der Waals surface area contributed by atoms with Crippen LogP contribution in [0.2, 0.25) is 0 Å². The molecule has 2 aromatic heterocycles. The lowest BCUT2D eigenvalue weighted by atomic mass is 9.99. The lowest BCUT2D eigenvalue weighted by Gasteiger charge is -2.08. The van der Waals surface area contributed by atoms with Crippen LogP contribution in [0.25, 0.3) is 57.8 Å². The number of fused-ring (bicyclic) bond motifs is 1. The predicted octanol–water partition coefficient (Wildman–Crippen LogP) is 12.4. The minimum absolute atomic E-state index is 0.806. The van der Waals surface area contributed by atoms with Crippen molar-refractivity contribution in [2.45, 2.75) is 13.3 Å². The molecule has 0 unspecified atom stereocenters. The minimum atomic E-state index is 0.806. The van der Waals surface area contributed by atoms with Crippen molar-refractivity contribution in [3.05, 3.63) is 150 Å². The van der Waals surface area contributed by atoms with E-state index in [2.05, 4.69) is 128 Å². The molecule has 6 aliphatic heterocycles. The van der Waals surface area contributed by atoms with Gasteiger partial charge in [0.15, 0.2) is 0 Å². The van der Waals surface area contributed by atoms with E-state index in [-0.39, 0.29) is 0 Å². The van der Waals surface area contributed by atoms with E-state index < -0.39 is 0 Å². The minimum Gasteiger partial charge on any atom is -0.495 e. The predicted molar refractivity (Wildman–Crippen MR) is 214 cm³/mol. The highest BCUT2D eigenvalue weighted by atomic mass is 32.1. The summed E-state index contributed by atoms with van der Waals surface area (Å²) in [6, 6.07) is 30.9. The number of benzene rings is 4.